The summed E-state index contributed by atoms with van der Waals surface area (Å²) in [7, 11) is -3.48. The standard InChI is InChI=1S/C12H15FO3S/c1-12(2,7-8-14)9-17(15,16)11-5-3-10(13)4-6-11/h3-6,8H,7,9H2,1-2H3. The van der Waals surface area contributed by atoms with Crippen LogP contribution in [0.15, 0.2) is 29.2 Å². The van der Waals surface area contributed by atoms with E-state index in [1.54, 1.807) is 13.8 Å². The number of carbonyl (C=O) groups is 1. The molecular weight excluding hydrogens is 243 g/mol. The normalized spacial score (nSPS) is 12.4. The van der Waals surface area contributed by atoms with Gasteiger partial charge in [0.05, 0.1) is 10.6 Å². The Kier molecular flexibility index (Phi) is 4.03. The van der Waals surface area contributed by atoms with Crippen LogP contribution in [0.1, 0.15) is 20.3 Å². The van der Waals surface area contributed by atoms with Crippen LogP contribution in [0.2, 0.25) is 0 Å². The Balaban J connectivity index is 2.96. The van der Waals surface area contributed by atoms with E-state index >= 15 is 0 Å². The Morgan fingerprint density at radius 1 is 1.24 bits per heavy atom. The third-order valence-corrected chi connectivity index (χ3v) is 4.54. The first kappa shape index (κ1) is 13.8. The highest BCUT2D eigenvalue weighted by Crippen LogP contribution is 2.25. The summed E-state index contributed by atoms with van der Waals surface area (Å²) < 4.78 is 36.7. The van der Waals surface area contributed by atoms with Crippen molar-refractivity contribution in [3.05, 3.63) is 30.1 Å². The number of aldehydes is 1. The summed E-state index contributed by atoms with van der Waals surface area (Å²) in [5.41, 5.74) is -0.616. The Hall–Kier alpha value is -1.23. The summed E-state index contributed by atoms with van der Waals surface area (Å²) >= 11 is 0. The molecule has 0 aliphatic carbocycles. The molecule has 0 aliphatic heterocycles. The molecule has 0 amide bonds. The van der Waals surface area contributed by atoms with Gasteiger partial charge in [-0.1, -0.05) is 13.8 Å². The van der Waals surface area contributed by atoms with Gasteiger partial charge in [-0.15, -0.1) is 0 Å². The zero-order chi connectivity index (χ0) is 13.1. The van der Waals surface area contributed by atoms with Crippen LogP contribution in [0.3, 0.4) is 0 Å². The topological polar surface area (TPSA) is 51.2 Å². The van der Waals surface area contributed by atoms with Crippen molar-refractivity contribution >= 4 is 16.1 Å². The van der Waals surface area contributed by atoms with Crippen LogP contribution >= 0.6 is 0 Å². The molecule has 0 saturated carbocycles. The summed E-state index contributed by atoms with van der Waals surface area (Å²) in [5, 5.41) is 0. The summed E-state index contributed by atoms with van der Waals surface area (Å²) in [6.07, 6.45) is 0.883. The third kappa shape index (κ3) is 3.93. The van der Waals surface area contributed by atoms with Gasteiger partial charge in [0.15, 0.2) is 9.84 Å². The molecule has 0 atom stereocenters. The van der Waals surface area contributed by atoms with Gasteiger partial charge in [-0.3, -0.25) is 0 Å². The monoisotopic (exact) mass is 258 g/mol. The molecule has 3 nitrogen and oxygen atoms in total. The first-order chi connectivity index (χ1) is 7.77. The second-order valence-corrected chi connectivity index (χ2v) is 6.74. The number of benzene rings is 1. The highest BCUT2D eigenvalue weighted by Gasteiger charge is 2.27. The van der Waals surface area contributed by atoms with Crippen molar-refractivity contribution in [3.63, 3.8) is 0 Å². The molecule has 0 heterocycles. The van der Waals surface area contributed by atoms with Crippen molar-refractivity contribution in [2.24, 2.45) is 5.41 Å². The van der Waals surface area contributed by atoms with E-state index in [2.05, 4.69) is 0 Å². The second kappa shape index (κ2) is 4.96. The highest BCUT2D eigenvalue weighted by atomic mass is 32.2. The maximum absolute atomic E-state index is 12.7. The third-order valence-electron chi connectivity index (χ3n) is 2.39. The van der Waals surface area contributed by atoms with Gasteiger partial charge < -0.3 is 4.79 Å². The van der Waals surface area contributed by atoms with Crippen LogP contribution in [0.25, 0.3) is 0 Å². The van der Waals surface area contributed by atoms with E-state index < -0.39 is 21.1 Å². The molecule has 0 saturated heterocycles. The number of halogens is 1. The summed E-state index contributed by atoms with van der Waals surface area (Å²) in [5.74, 6) is -0.610. The largest absolute Gasteiger partial charge is 0.303 e. The van der Waals surface area contributed by atoms with Crippen molar-refractivity contribution in [2.75, 3.05) is 5.75 Å². The molecule has 0 radical (unpaired) electrons. The van der Waals surface area contributed by atoms with Gasteiger partial charge in [0.1, 0.15) is 12.1 Å². The average Bonchev–Trinajstić information content (AvgIpc) is 2.16. The molecule has 0 unspecified atom stereocenters. The fraction of sp³-hybridized carbons (Fsp3) is 0.417. The number of sulfone groups is 1. The Labute approximate surface area is 101 Å². The second-order valence-electron chi connectivity index (χ2n) is 4.75. The van der Waals surface area contributed by atoms with Crippen molar-refractivity contribution in [3.8, 4) is 0 Å². The molecule has 1 aromatic rings. The molecule has 17 heavy (non-hydrogen) atoms. The lowest BCUT2D eigenvalue weighted by Gasteiger charge is -2.21. The van der Waals surface area contributed by atoms with Crippen LogP contribution in [0.5, 0.6) is 0 Å². The van der Waals surface area contributed by atoms with Gasteiger partial charge >= 0.3 is 0 Å². The SMILES string of the molecule is CC(C)(CC=O)CS(=O)(=O)c1ccc(F)cc1. The molecule has 0 aliphatic rings. The van der Waals surface area contributed by atoms with Gasteiger partial charge in [-0.25, -0.2) is 12.8 Å². The molecule has 5 heteroatoms. The van der Waals surface area contributed by atoms with Crippen molar-refractivity contribution in [2.45, 2.75) is 25.2 Å². The van der Waals surface area contributed by atoms with E-state index in [1.165, 1.54) is 12.1 Å². The van der Waals surface area contributed by atoms with Crippen LogP contribution < -0.4 is 0 Å². The smallest absolute Gasteiger partial charge is 0.178 e. The minimum Gasteiger partial charge on any atom is -0.303 e. The van der Waals surface area contributed by atoms with Crippen molar-refractivity contribution < 1.29 is 17.6 Å². The van der Waals surface area contributed by atoms with Crippen LogP contribution in [-0.2, 0) is 14.6 Å². The van der Waals surface area contributed by atoms with Gasteiger partial charge in [-0.2, -0.15) is 0 Å². The van der Waals surface area contributed by atoms with Crippen LogP contribution in [-0.4, -0.2) is 20.5 Å². The number of hydrogen-bond donors (Lipinski definition) is 0. The van der Waals surface area contributed by atoms with Crippen molar-refractivity contribution in [1.29, 1.82) is 0 Å². The predicted molar refractivity (Wildman–Crippen MR) is 62.9 cm³/mol. The molecule has 94 valence electrons. The fourth-order valence-electron chi connectivity index (χ4n) is 1.52. The van der Waals surface area contributed by atoms with E-state index in [4.69, 9.17) is 0 Å². The molecule has 0 N–H and O–H groups in total. The molecule has 0 aromatic heterocycles. The quantitative estimate of drug-likeness (QED) is 0.601. The maximum Gasteiger partial charge on any atom is 0.178 e. The minimum atomic E-state index is -3.48. The highest BCUT2D eigenvalue weighted by molar-refractivity contribution is 7.91. The minimum absolute atomic E-state index is 0.0814. The first-order valence-electron chi connectivity index (χ1n) is 5.19. The zero-order valence-corrected chi connectivity index (χ0v) is 10.6. The number of carbonyl (C=O) groups excluding carboxylic acids is 1. The Morgan fingerprint density at radius 3 is 2.24 bits per heavy atom. The lowest BCUT2D eigenvalue weighted by molar-refractivity contribution is -0.109. The first-order valence-corrected chi connectivity index (χ1v) is 6.84. The molecule has 1 rings (SSSR count). The van der Waals surface area contributed by atoms with E-state index in [-0.39, 0.29) is 17.1 Å². The van der Waals surface area contributed by atoms with Crippen LogP contribution in [0, 0.1) is 11.2 Å². The Morgan fingerprint density at radius 2 is 1.76 bits per heavy atom. The molecule has 0 bridgehead atoms. The molecule has 0 spiro atoms. The molecule has 1 aromatic carbocycles. The predicted octanol–water partition coefficient (Wildman–Crippen LogP) is 2.21. The fourth-order valence-corrected chi connectivity index (χ4v) is 3.39. The lowest BCUT2D eigenvalue weighted by atomic mass is 9.93. The lowest BCUT2D eigenvalue weighted by Crippen LogP contribution is -2.24. The zero-order valence-electron chi connectivity index (χ0n) is 9.81. The maximum atomic E-state index is 12.7. The van der Waals surface area contributed by atoms with E-state index in [1.807, 2.05) is 0 Å². The van der Waals surface area contributed by atoms with E-state index in [9.17, 15) is 17.6 Å². The molecule has 0 fully saturated rings. The van der Waals surface area contributed by atoms with Crippen molar-refractivity contribution in [1.82, 2.24) is 0 Å². The molecular formula is C12H15FO3S. The average molecular weight is 258 g/mol. The van der Waals surface area contributed by atoms with Gasteiger partial charge in [0, 0.05) is 6.42 Å². The van der Waals surface area contributed by atoms with E-state index in [0.29, 0.717) is 6.29 Å². The van der Waals surface area contributed by atoms with Gasteiger partial charge in [0.25, 0.3) is 0 Å². The van der Waals surface area contributed by atoms with Gasteiger partial charge in [0.2, 0.25) is 0 Å². The van der Waals surface area contributed by atoms with Crippen LogP contribution in [0.4, 0.5) is 4.39 Å². The van der Waals surface area contributed by atoms with Gasteiger partial charge in [-0.05, 0) is 29.7 Å². The number of rotatable bonds is 5. The number of hydrogen-bond acceptors (Lipinski definition) is 3. The summed E-state index contributed by atoms with van der Waals surface area (Å²) in [6, 6.07) is 4.70. The summed E-state index contributed by atoms with van der Waals surface area (Å²) in [4.78, 5) is 10.5. The summed E-state index contributed by atoms with van der Waals surface area (Å²) in [6.45, 7) is 3.42. The van der Waals surface area contributed by atoms with E-state index in [0.717, 1.165) is 12.1 Å². The Bertz CT molecular complexity index is 489.